The van der Waals surface area contributed by atoms with Crippen molar-refractivity contribution < 1.29 is 13.5 Å². The summed E-state index contributed by atoms with van der Waals surface area (Å²) >= 11 is 0. The van der Waals surface area contributed by atoms with Crippen molar-refractivity contribution in [1.82, 2.24) is 0 Å². The monoisotopic (exact) mass is 376 g/mol. The Balaban J connectivity index is 2.19. The van der Waals surface area contributed by atoms with Crippen LogP contribution in [0.15, 0.2) is 40.8 Å². The zero-order valence-electron chi connectivity index (χ0n) is 16.1. The summed E-state index contributed by atoms with van der Waals surface area (Å²) in [5.74, 6) is -0.140. The molecule has 0 saturated heterocycles. The zero-order valence-corrected chi connectivity index (χ0v) is 16.9. The standard InChI is InChI=1S/C22H32O3S/c1-3-5-15-22(4-2)16-26(24,25)19-14-10-9-13-18(19)20(21(22)23)17-11-7-6-8-12-17/h9-11,13-14,20-21,23H,3-8,12,15-16H2,1-2H3/t20-,21?,22-/m1/s1. The number of rotatable bonds is 5. The molecule has 0 saturated carbocycles. The first-order valence-corrected chi connectivity index (χ1v) is 11.8. The van der Waals surface area contributed by atoms with Gasteiger partial charge in [0.15, 0.2) is 9.84 Å². The van der Waals surface area contributed by atoms with E-state index in [1.807, 2.05) is 19.1 Å². The second-order valence-electron chi connectivity index (χ2n) is 8.06. The second kappa shape index (κ2) is 7.85. The Hall–Kier alpha value is -1.13. The van der Waals surface area contributed by atoms with E-state index in [1.54, 1.807) is 12.1 Å². The van der Waals surface area contributed by atoms with E-state index in [4.69, 9.17) is 0 Å². The lowest BCUT2D eigenvalue weighted by Gasteiger charge is -2.40. The minimum Gasteiger partial charge on any atom is -0.392 e. The maximum atomic E-state index is 13.3. The summed E-state index contributed by atoms with van der Waals surface area (Å²) in [7, 11) is -3.42. The van der Waals surface area contributed by atoms with Crippen molar-refractivity contribution in [3.8, 4) is 0 Å². The molecular weight excluding hydrogens is 344 g/mol. The Bertz CT molecular complexity index is 765. The summed E-state index contributed by atoms with van der Waals surface area (Å²) in [5, 5.41) is 11.6. The van der Waals surface area contributed by atoms with Gasteiger partial charge >= 0.3 is 0 Å². The van der Waals surface area contributed by atoms with E-state index >= 15 is 0 Å². The van der Waals surface area contributed by atoms with Crippen molar-refractivity contribution in [1.29, 1.82) is 0 Å². The van der Waals surface area contributed by atoms with Crippen LogP contribution < -0.4 is 0 Å². The number of benzene rings is 1. The summed E-state index contributed by atoms with van der Waals surface area (Å²) < 4.78 is 26.5. The molecule has 4 heteroatoms. The van der Waals surface area contributed by atoms with Crippen LogP contribution in [0.5, 0.6) is 0 Å². The van der Waals surface area contributed by atoms with E-state index in [-0.39, 0.29) is 11.7 Å². The predicted octanol–water partition coefficient (Wildman–Crippen LogP) is 5.01. The molecule has 3 rings (SSSR count). The number of hydrogen-bond acceptors (Lipinski definition) is 3. The third-order valence-corrected chi connectivity index (χ3v) is 8.46. The molecule has 0 bridgehead atoms. The molecule has 3 atom stereocenters. The largest absolute Gasteiger partial charge is 0.392 e. The fourth-order valence-corrected chi connectivity index (χ4v) is 7.14. The molecule has 1 aliphatic carbocycles. The SMILES string of the molecule is CCCC[C@]1(CC)CS(=O)(=O)c2ccccc2[C@@H](C2=CCCCC2)C1O. The molecule has 1 N–H and O–H groups in total. The molecule has 1 aliphatic heterocycles. The van der Waals surface area contributed by atoms with Crippen molar-refractivity contribution in [2.45, 2.75) is 82.1 Å². The first-order chi connectivity index (χ1) is 12.4. The number of fused-ring (bicyclic) bond motifs is 1. The van der Waals surface area contributed by atoms with Gasteiger partial charge in [0.25, 0.3) is 0 Å². The summed E-state index contributed by atoms with van der Waals surface area (Å²) in [4.78, 5) is 0.433. The van der Waals surface area contributed by atoms with Gasteiger partial charge in [0.1, 0.15) is 0 Å². The predicted molar refractivity (Wildman–Crippen MR) is 106 cm³/mol. The molecule has 1 aromatic carbocycles. The third kappa shape index (κ3) is 3.50. The molecule has 0 radical (unpaired) electrons. The smallest absolute Gasteiger partial charge is 0.179 e. The summed E-state index contributed by atoms with van der Waals surface area (Å²) in [6.45, 7) is 4.16. The minimum atomic E-state index is -3.42. The molecule has 144 valence electrons. The van der Waals surface area contributed by atoms with Gasteiger partial charge < -0.3 is 5.11 Å². The molecule has 1 heterocycles. The van der Waals surface area contributed by atoms with Crippen LogP contribution in [0.1, 0.15) is 76.7 Å². The van der Waals surface area contributed by atoms with Crippen molar-refractivity contribution in [2.24, 2.45) is 5.41 Å². The lowest BCUT2D eigenvalue weighted by Crippen LogP contribution is -2.42. The van der Waals surface area contributed by atoms with Gasteiger partial charge in [-0.3, -0.25) is 0 Å². The van der Waals surface area contributed by atoms with Crippen LogP contribution in [0.4, 0.5) is 0 Å². The van der Waals surface area contributed by atoms with Crippen LogP contribution in [0.2, 0.25) is 0 Å². The van der Waals surface area contributed by atoms with Crippen molar-refractivity contribution in [3.63, 3.8) is 0 Å². The van der Waals surface area contributed by atoms with Crippen LogP contribution in [-0.4, -0.2) is 25.4 Å². The van der Waals surface area contributed by atoms with E-state index in [0.717, 1.165) is 44.1 Å². The highest BCUT2D eigenvalue weighted by atomic mass is 32.2. The Morgan fingerprint density at radius 3 is 2.62 bits per heavy atom. The molecule has 0 aromatic heterocycles. The molecular formula is C22H32O3S. The van der Waals surface area contributed by atoms with Gasteiger partial charge in [-0.1, -0.05) is 56.5 Å². The number of sulfone groups is 1. The number of unbranched alkanes of at least 4 members (excludes halogenated alkanes) is 1. The fraction of sp³-hybridized carbons (Fsp3) is 0.636. The van der Waals surface area contributed by atoms with E-state index in [0.29, 0.717) is 11.3 Å². The number of allylic oxidation sites excluding steroid dienone is 1. The molecule has 26 heavy (non-hydrogen) atoms. The van der Waals surface area contributed by atoms with Crippen LogP contribution in [0.3, 0.4) is 0 Å². The topological polar surface area (TPSA) is 54.4 Å². The van der Waals surface area contributed by atoms with Crippen LogP contribution in [0, 0.1) is 5.41 Å². The molecule has 0 amide bonds. The zero-order chi connectivity index (χ0) is 18.8. The minimum absolute atomic E-state index is 0.0540. The van der Waals surface area contributed by atoms with E-state index in [2.05, 4.69) is 13.0 Å². The Labute approximate surface area is 158 Å². The van der Waals surface area contributed by atoms with Gasteiger partial charge in [-0.2, -0.15) is 0 Å². The average Bonchev–Trinajstić information content (AvgIpc) is 2.73. The number of aliphatic hydroxyl groups is 1. The fourth-order valence-electron chi connectivity index (χ4n) is 4.87. The van der Waals surface area contributed by atoms with Gasteiger partial charge in [0.05, 0.1) is 16.8 Å². The van der Waals surface area contributed by atoms with E-state index < -0.39 is 21.4 Å². The first kappa shape index (κ1) is 19.6. The first-order valence-electron chi connectivity index (χ1n) is 10.1. The maximum absolute atomic E-state index is 13.3. The maximum Gasteiger partial charge on any atom is 0.179 e. The Morgan fingerprint density at radius 1 is 1.19 bits per heavy atom. The van der Waals surface area contributed by atoms with Crippen molar-refractivity contribution in [2.75, 3.05) is 5.75 Å². The van der Waals surface area contributed by atoms with Gasteiger partial charge in [0.2, 0.25) is 0 Å². The quantitative estimate of drug-likeness (QED) is 0.735. The number of hydrogen-bond donors (Lipinski definition) is 1. The van der Waals surface area contributed by atoms with Gasteiger partial charge in [-0.25, -0.2) is 8.42 Å². The third-order valence-electron chi connectivity index (χ3n) is 6.47. The van der Waals surface area contributed by atoms with Gasteiger partial charge in [-0.05, 0) is 50.2 Å². The Kier molecular flexibility index (Phi) is 5.93. The highest BCUT2D eigenvalue weighted by molar-refractivity contribution is 7.91. The normalized spacial score (nSPS) is 31.0. The van der Waals surface area contributed by atoms with Crippen molar-refractivity contribution >= 4 is 9.84 Å². The molecule has 2 aliphatic rings. The molecule has 3 nitrogen and oxygen atoms in total. The molecule has 0 spiro atoms. The summed E-state index contributed by atoms with van der Waals surface area (Å²) in [6, 6.07) is 7.36. The molecule has 0 fully saturated rings. The van der Waals surface area contributed by atoms with Gasteiger partial charge in [0, 0.05) is 11.3 Å². The van der Waals surface area contributed by atoms with E-state index in [1.165, 1.54) is 12.0 Å². The molecule has 1 aromatic rings. The van der Waals surface area contributed by atoms with Crippen LogP contribution in [0.25, 0.3) is 0 Å². The Morgan fingerprint density at radius 2 is 1.96 bits per heavy atom. The second-order valence-corrected chi connectivity index (χ2v) is 10.0. The molecule has 1 unspecified atom stereocenters. The summed E-state index contributed by atoms with van der Waals surface area (Å²) in [5.41, 5.74) is 1.47. The highest BCUT2D eigenvalue weighted by Crippen LogP contribution is 2.50. The van der Waals surface area contributed by atoms with E-state index in [9.17, 15) is 13.5 Å². The highest BCUT2D eigenvalue weighted by Gasteiger charge is 2.49. The average molecular weight is 377 g/mol. The van der Waals surface area contributed by atoms with Crippen LogP contribution >= 0.6 is 0 Å². The number of aliphatic hydroxyl groups excluding tert-OH is 1. The summed E-state index contributed by atoms with van der Waals surface area (Å²) in [6.07, 6.45) is 9.30. The van der Waals surface area contributed by atoms with Crippen molar-refractivity contribution in [3.05, 3.63) is 41.5 Å². The van der Waals surface area contributed by atoms with Crippen LogP contribution in [-0.2, 0) is 9.84 Å². The lowest BCUT2D eigenvalue weighted by molar-refractivity contribution is 0.0155. The van der Waals surface area contributed by atoms with Gasteiger partial charge in [-0.15, -0.1) is 0 Å². The lowest BCUT2D eigenvalue weighted by atomic mass is 9.68.